The van der Waals surface area contributed by atoms with Crippen LogP contribution in [0.2, 0.25) is 0 Å². The van der Waals surface area contributed by atoms with Crippen molar-refractivity contribution in [3.8, 4) is 0 Å². The van der Waals surface area contributed by atoms with E-state index in [4.69, 9.17) is 15.4 Å². The Balaban J connectivity index is 4.82. The zero-order valence-electron chi connectivity index (χ0n) is 12.1. The van der Waals surface area contributed by atoms with Crippen molar-refractivity contribution in [1.82, 2.24) is 0 Å². The molecule has 7 heteroatoms. The Hall–Kier alpha value is 0.280. The van der Waals surface area contributed by atoms with Crippen LogP contribution < -0.4 is 0 Å². The van der Waals surface area contributed by atoms with Gasteiger partial charge in [-0.05, 0) is 19.3 Å². The van der Waals surface area contributed by atoms with Crippen LogP contribution in [0.25, 0.3) is 0 Å². The molecule has 0 aliphatic rings. The molecule has 2 unspecified atom stereocenters. The van der Waals surface area contributed by atoms with Crippen molar-refractivity contribution in [2.45, 2.75) is 64.7 Å². The lowest BCUT2D eigenvalue weighted by Gasteiger charge is -2.19. The summed E-state index contributed by atoms with van der Waals surface area (Å²) >= 11 is 4.92. The van der Waals surface area contributed by atoms with Crippen LogP contribution in [0.1, 0.15) is 59.3 Å². The van der Waals surface area contributed by atoms with Crippen molar-refractivity contribution in [1.29, 1.82) is 0 Å². The average molecular weight is 331 g/mol. The molecule has 0 saturated heterocycles. The van der Waals surface area contributed by atoms with Crippen LogP contribution in [0.3, 0.4) is 0 Å². The second-order valence-electron chi connectivity index (χ2n) is 4.65. The molecular formula is C12H26O4S3. The van der Waals surface area contributed by atoms with Gasteiger partial charge in [-0.2, -0.15) is 0 Å². The predicted molar refractivity (Wildman–Crippen MR) is 83.8 cm³/mol. The lowest BCUT2D eigenvalue weighted by Crippen LogP contribution is -2.30. The molecule has 0 aliphatic heterocycles. The number of hydrogen-bond donors (Lipinski definition) is 0. The first-order chi connectivity index (χ1) is 8.79. The van der Waals surface area contributed by atoms with E-state index in [2.05, 4.69) is 0 Å². The molecule has 0 heterocycles. The van der Waals surface area contributed by atoms with Crippen LogP contribution >= 0.6 is 0 Å². The molecule has 0 radical (unpaired) electrons. The van der Waals surface area contributed by atoms with Gasteiger partial charge < -0.3 is 0 Å². The zero-order valence-corrected chi connectivity index (χ0v) is 14.5. The van der Waals surface area contributed by atoms with Gasteiger partial charge in [0.15, 0.2) is 15.3 Å². The molecule has 0 rings (SSSR count). The minimum absolute atomic E-state index is 0.0762. The molecule has 116 valence electrons. The van der Waals surface area contributed by atoms with E-state index in [1.807, 2.05) is 20.8 Å². The van der Waals surface area contributed by atoms with Crippen molar-refractivity contribution in [2.24, 2.45) is 0 Å². The van der Waals surface area contributed by atoms with Crippen LogP contribution in [0, 0.1) is 0 Å². The Bertz CT molecular complexity index is 426. The highest BCUT2D eigenvalue weighted by Gasteiger charge is 2.28. The Morgan fingerprint density at radius 3 is 1.95 bits per heavy atom. The van der Waals surface area contributed by atoms with E-state index >= 15 is 0 Å². The van der Waals surface area contributed by atoms with Crippen molar-refractivity contribution >= 4 is 29.8 Å². The summed E-state index contributed by atoms with van der Waals surface area (Å²) in [5, 5.41) is 0. The number of unbranched alkanes of at least 4 members (excludes halogenated alkanes) is 2. The molecule has 0 aliphatic carbocycles. The molecule has 0 amide bonds. The molecule has 0 N–H and O–H groups in total. The predicted octanol–water partition coefficient (Wildman–Crippen LogP) is 2.81. The van der Waals surface area contributed by atoms with Gasteiger partial charge in [-0.15, -0.1) is 0 Å². The number of rotatable bonds is 11. The number of hydrogen-bond acceptors (Lipinski definition) is 5. The Morgan fingerprint density at radius 1 is 0.947 bits per heavy atom. The molecule has 0 aromatic rings. The first-order valence-corrected chi connectivity index (χ1v) is 11.2. The maximum Gasteiger partial charge on any atom is 0.178 e. The molecule has 2 atom stereocenters. The van der Waals surface area contributed by atoms with Crippen LogP contribution in [0.5, 0.6) is 0 Å². The van der Waals surface area contributed by atoms with Gasteiger partial charge in [-0.1, -0.05) is 40.0 Å². The van der Waals surface area contributed by atoms with Gasteiger partial charge in [0.1, 0.15) is 8.77 Å². The highest BCUT2D eigenvalue weighted by molar-refractivity contribution is 8.30. The van der Waals surface area contributed by atoms with E-state index in [1.54, 1.807) is 0 Å². The standard InChI is InChI=1S/C12H26O4S3/c1-4-7-10-18(13,14)12(9-6-3)16-19(15,17)11-8-5-2/h12H,4-11H2,1-3H3. The fraction of sp³-hybridized carbons (Fsp3) is 1.00. The van der Waals surface area contributed by atoms with E-state index in [9.17, 15) is 12.6 Å². The largest absolute Gasteiger partial charge is 0.270 e. The van der Waals surface area contributed by atoms with Crippen molar-refractivity contribution in [3.05, 3.63) is 0 Å². The minimum atomic E-state index is -3.37. The summed E-state index contributed by atoms with van der Waals surface area (Å²) in [7, 11) is -6.29. The molecule has 0 spiro atoms. The van der Waals surface area contributed by atoms with Gasteiger partial charge in [0, 0.05) is 11.2 Å². The van der Waals surface area contributed by atoms with Crippen LogP contribution in [0.4, 0.5) is 0 Å². The maximum absolute atomic E-state index is 12.1. The number of sulfone groups is 1. The summed E-state index contributed by atoms with van der Waals surface area (Å²) in [6.45, 7) is 5.78. The Labute approximate surface area is 123 Å². The van der Waals surface area contributed by atoms with Gasteiger partial charge >= 0.3 is 0 Å². The SMILES string of the molecule is CCCCS(=O)(=O)C(CCC)OS(=O)(=S)CCCC. The topological polar surface area (TPSA) is 60.4 Å². The average Bonchev–Trinajstić information content (AvgIpc) is 2.33. The van der Waals surface area contributed by atoms with E-state index in [0.717, 1.165) is 12.8 Å². The van der Waals surface area contributed by atoms with Gasteiger partial charge in [0.05, 0.1) is 11.5 Å². The monoisotopic (exact) mass is 330 g/mol. The third-order valence-electron chi connectivity index (χ3n) is 2.71. The van der Waals surface area contributed by atoms with E-state index in [1.165, 1.54) is 0 Å². The third kappa shape index (κ3) is 8.22. The Morgan fingerprint density at radius 2 is 1.47 bits per heavy atom. The maximum atomic E-state index is 12.1. The molecular weight excluding hydrogens is 304 g/mol. The van der Waals surface area contributed by atoms with E-state index < -0.39 is 24.0 Å². The highest BCUT2D eigenvalue weighted by Crippen LogP contribution is 2.17. The summed E-state index contributed by atoms with van der Waals surface area (Å²) in [5.74, 6) is 0.329. The van der Waals surface area contributed by atoms with Gasteiger partial charge in [0.2, 0.25) is 0 Å². The molecule has 0 aromatic carbocycles. The zero-order chi connectivity index (χ0) is 14.9. The summed E-state index contributed by atoms with van der Waals surface area (Å²) in [6.07, 6.45) is 3.96. The molecule has 0 fully saturated rings. The van der Waals surface area contributed by atoms with Crippen LogP contribution in [0.15, 0.2) is 0 Å². The quantitative estimate of drug-likeness (QED) is 0.583. The minimum Gasteiger partial charge on any atom is -0.270 e. The molecule has 0 saturated carbocycles. The summed E-state index contributed by atoms with van der Waals surface area (Å²) in [4.78, 5) is 0. The van der Waals surface area contributed by atoms with E-state index in [-0.39, 0.29) is 11.5 Å². The van der Waals surface area contributed by atoms with Crippen molar-refractivity contribution < 1.29 is 16.8 Å². The van der Waals surface area contributed by atoms with Gasteiger partial charge in [0.25, 0.3) is 0 Å². The molecule has 4 nitrogen and oxygen atoms in total. The third-order valence-corrected chi connectivity index (χ3v) is 6.87. The fourth-order valence-corrected chi connectivity index (χ4v) is 5.89. The summed E-state index contributed by atoms with van der Waals surface area (Å²) < 4.78 is 41.6. The second-order valence-corrected chi connectivity index (χ2v) is 10.1. The van der Waals surface area contributed by atoms with Crippen LogP contribution in [-0.4, -0.2) is 29.6 Å². The van der Waals surface area contributed by atoms with Gasteiger partial charge in [-0.25, -0.2) is 12.6 Å². The normalized spacial score (nSPS) is 17.0. The first kappa shape index (κ1) is 19.3. The molecule has 19 heavy (non-hydrogen) atoms. The summed E-state index contributed by atoms with van der Waals surface area (Å²) in [6, 6.07) is 0. The lowest BCUT2D eigenvalue weighted by atomic mass is 10.4. The smallest absolute Gasteiger partial charge is 0.178 e. The summed E-state index contributed by atoms with van der Waals surface area (Å²) in [5.41, 5.74) is -1.01. The van der Waals surface area contributed by atoms with Crippen molar-refractivity contribution in [2.75, 3.05) is 11.5 Å². The van der Waals surface area contributed by atoms with Crippen molar-refractivity contribution in [3.63, 3.8) is 0 Å². The van der Waals surface area contributed by atoms with Gasteiger partial charge in [-0.3, -0.25) is 4.18 Å². The lowest BCUT2D eigenvalue weighted by molar-refractivity contribution is 0.285. The molecule has 0 bridgehead atoms. The fourth-order valence-electron chi connectivity index (χ4n) is 1.53. The molecule has 0 aromatic heterocycles. The van der Waals surface area contributed by atoms with Crippen LogP contribution in [-0.2, 0) is 34.0 Å². The second kappa shape index (κ2) is 9.26. The first-order valence-electron chi connectivity index (χ1n) is 6.91. The highest BCUT2D eigenvalue weighted by atomic mass is 32.8. The Kier molecular flexibility index (Phi) is 9.40. The van der Waals surface area contributed by atoms with E-state index in [0.29, 0.717) is 25.7 Å².